The van der Waals surface area contributed by atoms with Gasteiger partial charge in [-0.2, -0.15) is 4.57 Å². The maximum atomic E-state index is 4.82. The first-order valence-electron chi connectivity index (χ1n) is 8.76. The standard InChI is InChI=1S/C20H29N5/c1-19(2,3)24-12-10-22(15-24)14-17-8-7-9-18(21-17)23-11-13-25(16-23)20(4,5)6/h7-13,15-16H,14H2,1-6H3/q+2. The van der Waals surface area contributed by atoms with Gasteiger partial charge in [0.25, 0.3) is 6.33 Å². The topological polar surface area (TPSA) is 30.5 Å². The largest absolute Gasteiger partial charge is 0.250 e. The molecule has 0 aromatic carbocycles. The van der Waals surface area contributed by atoms with Crippen LogP contribution in [0.1, 0.15) is 47.2 Å². The molecule has 0 aliphatic carbocycles. The third-order valence-electron chi connectivity index (χ3n) is 4.28. The monoisotopic (exact) mass is 339 g/mol. The van der Waals surface area contributed by atoms with Crippen molar-refractivity contribution in [3.8, 4) is 5.82 Å². The summed E-state index contributed by atoms with van der Waals surface area (Å²) >= 11 is 0. The summed E-state index contributed by atoms with van der Waals surface area (Å²) < 4.78 is 8.65. The summed E-state index contributed by atoms with van der Waals surface area (Å²) in [6.07, 6.45) is 12.6. The van der Waals surface area contributed by atoms with Gasteiger partial charge in [0.1, 0.15) is 42.4 Å². The Morgan fingerprint density at radius 1 is 0.960 bits per heavy atom. The molecule has 0 N–H and O–H groups in total. The van der Waals surface area contributed by atoms with E-state index in [4.69, 9.17) is 4.98 Å². The Morgan fingerprint density at radius 2 is 1.72 bits per heavy atom. The molecule has 25 heavy (non-hydrogen) atoms. The minimum Gasteiger partial charge on any atom is -0.232 e. The van der Waals surface area contributed by atoms with E-state index in [2.05, 4.69) is 109 Å². The number of hydrogen-bond donors (Lipinski definition) is 0. The molecule has 3 aromatic heterocycles. The maximum absolute atomic E-state index is 4.82. The summed E-state index contributed by atoms with van der Waals surface area (Å²) in [5.74, 6) is 0.941. The molecule has 0 atom stereocenters. The second kappa shape index (κ2) is 6.14. The van der Waals surface area contributed by atoms with Gasteiger partial charge in [-0.25, -0.2) is 18.7 Å². The molecule has 5 heteroatoms. The lowest BCUT2D eigenvalue weighted by Crippen LogP contribution is -2.48. The molecule has 0 amide bonds. The number of nitrogens with zero attached hydrogens (tertiary/aromatic N) is 5. The normalized spacial score (nSPS) is 12.6. The van der Waals surface area contributed by atoms with E-state index in [0.717, 1.165) is 18.1 Å². The molecule has 0 radical (unpaired) electrons. The van der Waals surface area contributed by atoms with Crippen LogP contribution in [0.25, 0.3) is 5.82 Å². The zero-order chi connectivity index (χ0) is 18.2. The van der Waals surface area contributed by atoms with Crippen LogP contribution in [0.2, 0.25) is 0 Å². The average molecular weight is 339 g/mol. The van der Waals surface area contributed by atoms with Gasteiger partial charge in [0.15, 0.2) is 0 Å². The van der Waals surface area contributed by atoms with Gasteiger partial charge in [0, 0.05) is 6.07 Å². The van der Waals surface area contributed by atoms with Crippen molar-refractivity contribution in [1.29, 1.82) is 0 Å². The smallest absolute Gasteiger partial charge is 0.232 e. The van der Waals surface area contributed by atoms with Crippen LogP contribution in [0, 0.1) is 0 Å². The highest BCUT2D eigenvalue weighted by Gasteiger charge is 2.21. The van der Waals surface area contributed by atoms with Gasteiger partial charge in [0.05, 0.1) is 5.69 Å². The molecule has 0 bridgehead atoms. The van der Waals surface area contributed by atoms with Crippen molar-refractivity contribution in [2.24, 2.45) is 0 Å². The Morgan fingerprint density at radius 3 is 2.32 bits per heavy atom. The zero-order valence-electron chi connectivity index (χ0n) is 16.1. The fraction of sp³-hybridized carbons (Fsp3) is 0.450. The second-order valence-corrected chi connectivity index (χ2v) is 8.55. The number of aromatic nitrogens is 5. The van der Waals surface area contributed by atoms with Gasteiger partial charge in [-0.05, 0) is 47.6 Å². The Labute approximate surface area is 150 Å². The molecule has 3 rings (SSSR count). The SMILES string of the molecule is CC(C)(C)n1cc[n+](Cc2cccc(-n3cc[n+](C(C)(C)C)c3)n2)c1. The molecule has 3 aromatic rings. The second-order valence-electron chi connectivity index (χ2n) is 8.55. The average Bonchev–Trinajstić information content (AvgIpc) is 3.15. The highest BCUT2D eigenvalue weighted by Crippen LogP contribution is 2.12. The van der Waals surface area contributed by atoms with Crippen molar-refractivity contribution >= 4 is 0 Å². The molecule has 0 unspecified atom stereocenters. The first-order chi connectivity index (χ1) is 11.6. The van der Waals surface area contributed by atoms with Gasteiger partial charge in [-0.15, -0.1) is 0 Å². The van der Waals surface area contributed by atoms with E-state index >= 15 is 0 Å². The molecule has 0 aliphatic rings. The first kappa shape index (κ1) is 17.4. The van der Waals surface area contributed by atoms with E-state index in [1.54, 1.807) is 0 Å². The Hall–Kier alpha value is -2.43. The van der Waals surface area contributed by atoms with E-state index < -0.39 is 0 Å². The summed E-state index contributed by atoms with van der Waals surface area (Å²) in [4.78, 5) is 4.82. The van der Waals surface area contributed by atoms with E-state index in [9.17, 15) is 0 Å². The molecular weight excluding hydrogens is 310 g/mol. The van der Waals surface area contributed by atoms with Crippen LogP contribution < -0.4 is 9.13 Å². The van der Waals surface area contributed by atoms with Crippen molar-refractivity contribution < 1.29 is 9.13 Å². The predicted octanol–water partition coefficient (Wildman–Crippen LogP) is 2.81. The van der Waals surface area contributed by atoms with E-state index in [-0.39, 0.29) is 11.1 Å². The van der Waals surface area contributed by atoms with E-state index in [1.165, 1.54) is 0 Å². The lowest BCUT2D eigenvalue weighted by molar-refractivity contribution is -0.753. The van der Waals surface area contributed by atoms with E-state index in [0.29, 0.717) is 0 Å². The Bertz CT molecular complexity index is 859. The van der Waals surface area contributed by atoms with Gasteiger partial charge in [0.2, 0.25) is 12.1 Å². The summed E-state index contributed by atoms with van der Waals surface area (Å²) in [6, 6.07) is 6.19. The van der Waals surface area contributed by atoms with Crippen LogP contribution >= 0.6 is 0 Å². The van der Waals surface area contributed by atoms with Crippen molar-refractivity contribution in [3.05, 3.63) is 61.3 Å². The van der Waals surface area contributed by atoms with Crippen molar-refractivity contribution in [2.75, 3.05) is 0 Å². The lowest BCUT2D eigenvalue weighted by atomic mass is 10.1. The van der Waals surface area contributed by atoms with Gasteiger partial charge in [-0.3, -0.25) is 0 Å². The van der Waals surface area contributed by atoms with Crippen LogP contribution in [-0.2, 0) is 17.6 Å². The summed E-state index contributed by atoms with van der Waals surface area (Å²) in [6.45, 7) is 13.9. The van der Waals surface area contributed by atoms with Crippen LogP contribution in [0.3, 0.4) is 0 Å². The highest BCUT2D eigenvalue weighted by molar-refractivity contribution is 5.23. The predicted molar refractivity (Wildman–Crippen MR) is 97.5 cm³/mol. The highest BCUT2D eigenvalue weighted by atomic mass is 15.2. The quantitative estimate of drug-likeness (QED) is 0.675. The number of imidazole rings is 2. The Balaban J connectivity index is 1.82. The molecule has 0 saturated heterocycles. The number of hydrogen-bond acceptors (Lipinski definition) is 1. The third kappa shape index (κ3) is 3.98. The molecule has 0 spiro atoms. The molecule has 0 aliphatic heterocycles. The minimum absolute atomic E-state index is 0.0641. The van der Waals surface area contributed by atoms with Crippen molar-refractivity contribution in [3.63, 3.8) is 0 Å². The molecule has 0 saturated carbocycles. The van der Waals surface area contributed by atoms with Crippen LogP contribution in [0.5, 0.6) is 0 Å². The van der Waals surface area contributed by atoms with Crippen LogP contribution in [-0.4, -0.2) is 14.1 Å². The number of rotatable bonds is 3. The summed E-state index contributed by atoms with van der Waals surface area (Å²) in [5.41, 5.74) is 1.20. The van der Waals surface area contributed by atoms with Crippen molar-refractivity contribution in [1.82, 2.24) is 14.1 Å². The van der Waals surface area contributed by atoms with Crippen LogP contribution in [0.4, 0.5) is 0 Å². The van der Waals surface area contributed by atoms with Gasteiger partial charge in [-0.1, -0.05) is 6.07 Å². The summed E-state index contributed by atoms with van der Waals surface area (Å²) in [5, 5.41) is 0. The van der Waals surface area contributed by atoms with Crippen molar-refractivity contribution in [2.45, 2.75) is 59.2 Å². The van der Waals surface area contributed by atoms with E-state index in [1.807, 2.05) is 6.07 Å². The fourth-order valence-corrected chi connectivity index (χ4v) is 2.66. The maximum Gasteiger partial charge on any atom is 0.250 e. The minimum atomic E-state index is 0.0641. The third-order valence-corrected chi connectivity index (χ3v) is 4.28. The summed E-state index contributed by atoms with van der Waals surface area (Å²) in [7, 11) is 0. The molecule has 132 valence electrons. The lowest BCUT2D eigenvalue weighted by Gasteiger charge is -2.13. The first-order valence-corrected chi connectivity index (χ1v) is 8.76. The van der Waals surface area contributed by atoms with Gasteiger partial charge < -0.3 is 0 Å². The Kier molecular flexibility index (Phi) is 4.27. The zero-order valence-corrected chi connectivity index (χ0v) is 16.1. The molecular formula is C20H29N5+2. The molecule has 5 nitrogen and oxygen atoms in total. The van der Waals surface area contributed by atoms with Crippen LogP contribution in [0.15, 0.2) is 55.6 Å². The molecule has 3 heterocycles. The number of pyridine rings is 1. The van der Waals surface area contributed by atoms with Gasteiger partial charge >= 0.3 is 0 Å². The fourth-order valence-electron chi connectivity index (χ4n) is 2.66. The molecule has 0 fully saturated rings.